The highest BCUT2D eigenvalue weighted by molar-refractivity contribution is 5.83. The van der Waals surface area contributed by atoms with E-state index < -0.39 is 0 Å². The van der Waals surface area contributed by atoms with E-state index in [-0.39, 0.29) is 5.75 Å². The van der Waals surface area contributed by atoms with Crippen molar-refractivity contribution < 1.29 is 5.11 Å². The number of nitrogens with one attached hydrogen (secondary N) is 1. The zero-order valence-electron chi connectivity index (χ0n) is 9.88. The molecule has 0 atom stereocenters. The first kappa shape index (κ1) is 11.9. The van der Waals surface area contributed by atoms with Crippen LogP contribution in [0.3, 0.4) is 0 Å². The van der Waals surface area contributed by atoms with Crippen LogP contribution in [0.5, 0.6) is 5.75 Å². The summed E-state index contributed by atoms with van der Waals surface area (Å²) in [5.74, 6) is 0.202. The Labute approximate surface area is 106 Å². The Morgan fingerprint density at radius 1 is 1.06 bits per heavy atom. The largest absolute Gasteiger partial charge is 0.507 e. The van der Waals surface area contributed by atoms with E-state index in [0.717, 1.165) is 5.56 Å². The first-order valence-corrected chi connectivity index (χ1v) is 5.59. The zero-order chi connectivity index (χ0) is 12.8. The summed E-state index contributed by atoms with van der Waals surface area (Å²) >= 11 is 0. The van der Waals surface area contributed by atoms with Crippen LogP contribution < -0.4 is 5.43 Å². The number of para-hydroxylation sites is 1. The molecule has 90 valence electrons. The van der Waals surface area contributed by atoms with Crippen LogP contribution in [0.25, 0.3) is 5.70 Å². The van der Waals surface area contributed by atoms with Gasteiger partial charge in [0.1, 0.15) is 5.75 Å². The van der Waals surface area contributed by atoms with Crippen molar-refractivity contribution in [2.45, 2.75) is 0 Å². The van der Waals surface area contributed by atoms with Crippen molar-refractivity contribution in [3.05, 3.63) is 72.3 Å². The van der Waals surface area contributed by atoms with E-state index in [0.29, 0.717) is 11.3 Å². The van der Waals surface area contributed by atoms with E-state index in [1.165, 1.54) is 0 Å². The minimum absolute atomic E-state index is 0.202. The minimum atomic E-state index is 0.202. The van der Waals surface area contributed by atoms with Crippen LogP contribution in [0, 0.1) is 0 Å². The van der Waals surface area contributed by atoms with Crippen molar-refractivity contribution in [3.8, 4) is 5.75 Å². The number of phenols is 1. The van der Waals surface area contributed by atoms with Gasteiger partial charge in [-0.2, -0.15) is 5.10 Å². The van der Waals surface area contributed by atoms with Crippen LogP contribution in [-0.4, -0.2) is 11.3 Å². The Morgan fingerprint density at radius 3 is 2.44 bits per heavy atom. The van der Waals surface area contributed by atoms with Crippen molar-refractivity contribution in [2.24, 2.45) is 5.10 Å². The molecular weight excluding hydrogens is 224 g/mol. The van der Waals surface area contributed by atoms with Gasteiger partial charge in [-0.1, -0.05) is 49.0 Å². The van der Waals surface area contributed by atoms with Crippen molar-refractivity contribution in [3.63, 3.8) is 0 Å². The molecule has 0 spiro atoms. The molecule has 2 rings (SSSR count). The van der Waals surface area contributed by atoms with Gasteiger partial charge in [0, 0.05) is 5.56 Å². The first-order chi connectivity index (χ1) is 8.77. The van der Waals surface area contributed by atoms with E-state index in [9.17, 15) is 5.11 Å². The molecule has 2 aromatic rings. The zero-order valence-corrected chi connectivity index (χ0v) is 9.88. The Morgan fingerprint density at radius 2 is 1.72 bits per heavy atom. The molecule has 0 heterocycles. The molecule has 3 heteroatoms. The molecule has 0 aliphatic rings. The van der Waals surface area contributed by atoms with Gasteiger partial charge in [-0.25, -0.2) is 0 Å². The summed E-state index contributed by atoms with van der Waals surface area (Å²) in [6.45, 7) is 3.89. The molecule has 3 nitrogen and oxygen atoms in total. The van der Waals surface area contributed by atoms with Crippen LogP contribution >= 0.6 is 0 Å². The van der Waals surface area contributed by atoms with E-state index in [4.69, 9.17) is 0 Å². The molecule has 2 aromatic carbocycles. The number of nitrogens with zero attached hydrogens (tertiary/aromatic N) is 1. The second kappa shape index (κ2) is 5.68. The number of hydrogen-bond donors (Lipinski definition) is 2. The summed E-state index contributed by atoms with van der Waals surface area (Å²) in [5, 5.41) is 13.6. The average Bonchev–Trinajstić information content (AvgIpc) is 2.42. The number of hydrogen-bond acceptors (Lipinski definition) is 3. The standard InChI is InChI=1S/C15H14N2O/c1-12(13-7-3-2-4-8-13)17-16-11-14-9-5-6-10-15(14)18/h2-11,17-18H,1H2/b16-11+. The second-order valence-corrected chi connectivity index (χ2v) is 3.77. The average molecular weight is 238 g/mol. The van der Waals surface area contributed by atoms with Gasteiger partial charge in [-0.3, -0.25) is 5.43 Å². The van der Waals surface area contributed by atoms with Crippen LogP contribution in [0.4, 0.5) is 0 Å². The summed E-state index contributed by atoms with van der Waals surface area (Å²) in [6, 6.07) is 16.7. The van der Waals surface area contributed by atoms with E-state index >= 15 is 0 Å². The third-order valence-electron chi connectivity index (χ3n) is 2.46. The highest BCUT2D eigenvalue weighted by Crippen LogP contribution is 2.13. The minimum Gasteiger partial charge on any atom is -0.507 e. The monoisotopic (exact) mass is 238 g/mol. The Hall–Kier alpha value is -2.55. The Kier molecular flexibility index (Phi) is 3.76. The van der Waals surface area contributed by atoms with E-state index in [2.05, 4.69) is 17.1 Å². The second-order valence-electron chi connectivity index (χ2n) is 3.77. The first-order valence-electron chi connectivity index (χ1n) is 5.59. The fourth-order valence-electron chi connectivity index (χ4n) is 1.48. The molecule has 2 N–H and O–H groups in total. The molecule has 0 radical (unpaired) electrons. The summed E-state index contributed by atoms with van der Waals surface area (Å²) < 4.78 is 0. The maximum Gasteiger partial charge on any atom is 0.124 e. The quantitative estimate of drug-likeness (QED) is 0.635. The maximum absolute atomic E-state index is 9.55. The predicted molar refractivity (Wildman–Crippen MR) is 74.3 cm³/mol. The maximum atomic E-state index is 9.55. The van der Waals surface area contributed by atoms with Crippen LogP contribution in [-0.2, 0) is 0 Å². The fraction of sp³-hybridized carbons (Fsp3) is 0. The third-order valence-corrected chi connectivity index (χ3v) is 2.46. The summed E-state index contributed by atoms with van der Waals surface area (Å²) in [4.78, 5) is 0. The molecule has 0 aromatic heterocycles. The van der Waals surface area contributed by atoms with E-state index in [1.807, 2.05) is 36.4 Å². The number of hydrazone groups is 1. The Bertz CT molecular complexity index is 562. The van der Waals surface area contributed by atoms with Gasteiger partial charge in [-0.15, -0.1) is 0 Å². The van der Waals surface area contributed by atoms with Crippen molar-refractivity contribution in [1.82, 2.24) is 5.43 Å². The fourth-order valence-corrected chi connectivity index (χ4v) is 1.48. The predicted octanol–water partition coefficient (Wildman–Crippen LogP) is 2.99. The van der Waals surface area contributed by atoms with Crippen molar-refractivity contribution in [2.75, 3.05) is 0 Å². The van der Waals surface area contributed by atoms with Crippen LogP contribution in [0.1, 0.15) is 11.1 Å². The molecule has 0 fully saturated rings. The third kappa shape index (κ3) is 2.98. The Balaban J connectivity index is 2.00. The number of phenolic OH excluding ortho intramolecular Hbond substituents is 1. The molecule has 0 amide bonds. The molecule has 0 unspecified atom stereocenters. The number of aromatic hydroxyl groups is 1. The lowest BCUT2D eigenvalue weighted by Crippen LogP contribution is -2.03. The van der Waals surface area contributed by atoms with Crippen molar-refractivity contribution in [1.29, 1.82) is 0 Å². The molecule has 0 saturated carbocycles. The lowest BCUT2D eigenvalue weighted by Gasteiger charge is -2.04. The summed E-state index contributed by atoms with van der Waals surface area (Å²) in [5.41, 5.74) is 5.19. The molecule has 18 heavy (non-hydrogen) atoms. The van der Waals surface area contributed by atoms with Crippen molar-refractivity contribution >= 4 is 11.9 Å². The molecule has 0 aliphatic carbocycles. The van der Waals surface area contributed by atoms with Gasteiger partial charge < -0.3 is 5.11 Å². The van der Waals surface area contributed by atoms with Gasteiger partial charge in [0.2, 0.25) is 0 Å². The highest BCUT2D eigenvalue weighted by atomic mass is 16.3. The highest BCUT2D eigenvalue weighted by Gasteiger charge is 1.96. The lowest BCUT2D eigenvalue weighted by atomic mass is 10.2. The van der Waals surface area contributed by atoms with Gasteiger partial charge in [0.25, 0.3) is 0 Å². The molecular formula is C15H14N2O. The summed E-state index contributed by atoms with van der Waals surface area (Å²) in [6.07, 6.45) is 1.56. The van der Waals surface area contributed by atoms with Gasteiger partial charge in [0.15, 0.2) is 0 Å². The van der Waals surface area contributed by atoms with Crippen LogP contribution in [0.2, 0.25) is 0 Å². The lowest BCUT2D eigenvalue weighted by molar-refractivity contribution is 0.474. The molecule has 0 bridgehead atoms. The van der Waals surface area contributed by atoms with Gasteiger partial charge in [-0.05, 0) is 17.7 Å². The number of rotatable bonds is 4. The SMILES string of the molecule is C=C(N/N=C/c1ccccc1O)c1ccccc1. The van der Waals surface area contributed by atoms with Crippen LogP contribution in [0.15, 0.2) is 66.3 Å². The summed E-state index contributed by atoms with van der Waals surface area (Å²) in [7, 11) is 0. The van der Waals surface area contributed by atoms with E-state index in [1.54, 1.807) is 24.4 Å². The molecule has 0 saturated heterocycles. The normalized spacial score (nSPS) is 10.4. The van der Waals surface area contributed by atoms with Gasteiger partial charge in [0.05, 0.1) is 11.9 Å². The topological polar surface area (TPSA) is 44.6 Å². The smallest absolute Gasteiger partial charge is 0.124 e. The van der Waals surface area contributed by atoms with Gasteiger partial charge >= 0.3 is 0 Å². The molecule has 0 aliphatic heterocycles. The number of benzene rings is 2.